The number of rotatable bonds is 6. The third kappa shape index (κ3) is 10.6. The number of cyclic esters (lactones) is 2. The van der Waals surface area contributed by atoms with E-state index in [0.29, 0.717) is 0 Å². The number of fused-ring (bicyclic) bond motifs is 2. The van der Waals surface area contributed by atoms with Crippen molar-refractivity contribution in [1.29, 1.82) is 0 Å². The molecule has 0 aliphatic carbocycles. The van der Waals surface area contributed by atoms with Crippen molar-refractivity contribution in [2.24, 2.45) is 0 Å². The van der Waals surface area contributed by atoms with Gasteiger partial charge in [-0.2, -0.15) is 9.59 Å². The fraction of sp³-hybridized carbons (Fsp3) is 0.750. The molecule has 5 fully saturated rings. The molecule has 17 nitrogen and oxygen atoms in total. The SMILES string of the molecule is CCC(=O)O[C@@H]1CO[C@H]2[C@@H]1OC[C@H]2OC(=O)CCC(=O)O.O=C1CCC(=O)O1.O=C=O.O[C@@H]1CO[C@H]2[C@@H]1OC[C@H]2O. The molecule has 0 aromatic heterocycles. The molecule has 3 N–H and O–H groups in total. The fourth-order valence-corrected chi connectivity index (χ4v) is 4.21. The van der Waals surface area contributed by atoms with Crippen molar-refractivity contribution in [3.8, 4) is 0 Å². The Morgan fingerprint density at radius 3 is 1.54 bits per heavy atom. The maximum atomic E-state index is 11.5. The van der Waals surface area contributed by atoms with Gasteiger partial charge < -0.3 is 48.5 Å². The van der Waals surface area contributed by atoms with Gasteiger partial charge in [-0.05, 0) is 0 Å². The molecule has 0 saturated carbocycles. The average molecular weight is 593 g/mol. The van der Waals surface area contributed by atoms with Gasteiger partial charge in [0.15, 0.2) is 12.2 Å². The Morgan fingerprint density at radius 2 is 1.17 bits per heavy atom. The molecule has 5 aliphatic rings. The van der Waals surface area contributed by atoms with E-state index in [1.165, 1.54) is 0 Å². The zero-order valence-corrected chi connectivity index (χ0v) is 22.0. The van der Waals surface area contributed by atoms with Gasteiger partial charge in [-0.1, -0.05) is 6.92 Å². The van der Waals surface area contributed by atoms with Crippen molar-refractivity contribution in [3.63, 3.8) is 0 Å². The van der Waals surface area contributed by atoms with Crippen molar-refractivity contribution < 1.29 is 82.0 Å². The van der Waals surface area contributed by atoms with Crippen molar-refractivity contribution in [3.05, 3.63) is 0 Å². The minimum atomic E-state index is -1.06. The lowest BCUT2D eigenvalue weighted by Crippen LogP contribution is -2.35. The second kappa shape index (κ2) is 16.8. The molecule has 0 amide bonds. The first-order valence-corrected chi connectivity index (χ1v) is 12.7. The van der Waals surface area contributed by atoms with Crippen LogP contribution < -0.4 is 0 Å². The van der Waals surface area contributed by atoms with Gasteiger partial charge in [0.1, 0.15) is 36.6 Å². The molecule has 5 rings (SSSR count). The molecule has 0 bridgehead atoms. The summed E-state index contributed by atoms with van der Waals surface area (Å²) in [5.41, 5.74) is 0. The summed E-state index contributed by atoms with van der Waals surface area (Å²) in [6.45, 7) is 2.61. The summed E-state index contributed by atoms with van der Waals surface area (Å²) in [6, 6.07) is 0. The van der Waals surface area contributed by atoms with Crippen LogP contribution in [0.5, 0.6) is 0 Å². The molecule has 8 atom stereocenters. The van der Waals surface area contributed by atoms with Gasteiger partial charge in [-0.15, -0.1) is 0 Å². The van der Waals surface area contributed by atoms with Gasteiger partial charge in [0.2, 0.25) is 0 Å². The molecule has 17 heteroatoms. The van der Waals surface area contributed by atoms with Gasteiger partial charge in [0, 0.05) is 6.42 Å². The number of carboxylic acid groups (broad SMARTS) is 1. The third-order valence-corrected chi connectivity index (χ3v) is 6.12. The number of hydrogen-bond acceptors (Lipinski definition) is 16. The van der Waals surface area contributed by atoms with Crippen LogP contribution >= 0.6 is 0 Å². The van der Waals surface area contributed by atoms with E-state index in [1.807, 2.05) is 0 Å². The lowest BCUT2D eigenvalue weighted by molar-refractivity contribution is -0.192. The van der Waals surface area contributed by atoms with Crippen LogP contribution in [0.25, 0.3) is 0 Å². The van der Waals surface area contributed by atoms with Gasteiger partial charge in [0.05, 0.1) is 52.1 Å². The first-order chi connectivity index (χ1) is 19.5. The number of ether oxygens (including phenoxy) is 7. The Kier molecular flexibility index (Phi) is 13.9. The molecule has 5 heterocycles. The summed E-state index contributed by atoms with van der Waals surface area (Å²) in [6.07, 6.45) is -3.15. The first-order valence-electron chi connectivity index (χ1n) is 12.7. The topological polar surface area (TPSA) is 245 Å². The normalized spacial score (nSPS) is 32.4. The van der Waals surface area contributed by atoms with Crippen LogP contribution in [0.1, 0.15) is 39.0 Å². The standard InChI is InChI=1S/C13H18O8.C6H10O4.C4H4O3.CO2/c1-2-10(16)20-7-5-18-13-8(6-19-12(7)13)21-11(17)4-3-9(14)15;7-3-1-9-6-4(8)2-10-5(3)6;5-3-1-2-4(6)7-3;2-1-3/h7-8,12-13H,2-6H2,1H3,(H,14,15);3-8H,1-2H2;1-2H2;/t7-,8-,12-,13-;3-,4-,5-,6-;;/m11../s1. The minimum absolute atomic E-state index is 0.147. The molecule has 0 radical (unpaired) electrons. The van der Waals surface area contributed by atoms with Gasteiger partial charge in [0.25, 0.3) is 0 Å². The molecule has 0 aromatic rings. The Bertz CT molecular complexity index is 930. The number of aliphatic carboxylic acids is 1. The van der Waals surface area contributed by atoms with E-state index in [9.17, 15) is 24.0 Å². The summed E-state index contributed by atoms with van der Waals surface area (Å²) < 4.78 is 35.6. The number of carbonyl (C=O) groups excluding carboxylic acids is 6. The predicted molar refractivity (Wildman–Crippen MR) is 123 cm³/mol. The van der Waals surface area contributed by atoms with Crippen LogP contribution in [0.3, 0.4) is 0 Å². The third-order valence-electron chi connectivity index (χ3n) is 6.12. The lowest BCUT2D eigenvalue weighted by Gasteiger charge is -2.17. The second-order valence-electron chi connectivity index (χ2n) is 9.06. The average Bonchev–Trinajstić information content (AvgIpc) is 3.74. The quantitative estimate of drug-likeness (QED) is 0.166. The van der Waals surface area contributed by atoms with Crippen molar-refractivity contribution >= 4 is 36.0 Å². The first kappa shape index (κ1) is 33.9. The van der Waals surface area contributed by atoms with E-state index in [1.54, 1.807) is 6.92 Å². The van der Waals surface area contributed by atoms with Crippen LogP contribution in [0.2, 0.25) is 0 Å². The van der Waals surface area contributed by atoms with Crippen molar-refractivity contribution in [2.45, 2.75) is 87.9 Å². The molecule has 0 unspecified atom stereocenters. The molecule has 41 heavy (non-hydrogen) atoms. The minimum Gasteiger partial charge on any atom is -0.481 e. The van der Waals surface area contributed by atoms with Gasteiger partial charge in [-0.3, -0.25) is 24.0 Å². The van der Waals surface area contributed by atoms with Crippen molar-refractivity contribution in [2.75, 3.05) is 26.4 Å². The van der Waals surface area contributed by atoms with Gasteiger partial charge >= 0.3 is 36.0 Å². The van der Waals surface area contributed by atoms with E-state index in [-0.39, 0.29) is 82.9 Å². The van der Waals surface area contributed by atoms with Crippen LogP contribution in [-0.4, -0.2) is 127 Å². The molecule has 0 aromatic carbocycles. The fourth-order valence-electron chi connectivity index (χ4n) is 4.21. The maximum absolute atomic E-state index is 11.5. The largest absolute Gasteiger partial charge is 0.481 e. The van der Waals surface area contributed by atoms with Crippen LogP contribution in [0, 0.1) is 0 Å². The monoisotopic (exact) mass is 592 g/mol. The van der Waals surface area contributed by atoms with E-state index < -0.39 is 60.5 Å². The summed E-state index contributed by atoms with van der Waals surface area (Å²) in [7, 11) is 0. The number of carboxylic acids is 1. The van der Waals surface area contributed by atoms with E-state index >= 15 is 0 Å². The summed E-state index contributed by atoms with van der Waals surface area (Å²) >= 11 is 0. The smallest absolute Gasteiger partial charge is 0.373 e. The number of hydrogen-bond donors (Lipinski definition) is 3. The number of aliphatic hydroxyl groups excluding tert-OH is 2. The zero-order chi connectivity index (χ0) is 30.5. The Hall–Kier alpha value is -3.31. The Morgan fingerprint density at radius 1 is 0.756 bits per heavy atom. The predicted octanol–water partition coefficient (Wildman–Crippen LogP) is -2.35. The number of carbonyl (C=O) groups is 5. The molecular weight excluding hydrogens is 560 g/mol. The highest BCUT2D eigenvalue weighted by Gasteiger charge is 2.51. The summed E-state index contributed by atoms with van der Waals surface area (Å²) in [4.78, 5) is 69.5. The van der Waals surface area contributed by atoms with E-state index in [4.69, 9.17) is 53.3 Å². The Balaban J connectivity index is 0.000000240. The molecule has 5 saturated heterocycles. The van der Waals surface area contributed by atoms with Crippen LogP contribution in [-0.2, 0) is 66.7 Å². The highest BCUT2D eigenvalue weighted by molar-refractivity contribution is 5.92. The molecule has 0 spiro atoms. The van der Waals surface area contributed by atoms with Crippen molar-refractivity contribution in [1.82, 2.24) is 0 Å². The van der Waals surface area contributed by atoms with Gasteiger partial charge in [-0.25, -0.2) is 0 Å². The van der Waals surface area contributed by atoms with Crippen LogP contribution in [0.4, 0.5) is 0 Å². The second-order valence-corrected chi connectivity index (χ2v) is 9.06. The molecule has 5 aliphatic heterocycles. The van der Waals surface area contributed by atoms with Crippen LogP contribution in [0.15, 0.2) is 0 Å². The van der Waals surface area contributed by atoms with E-state index in [2.05, 4.69) is 4.74 Å². The highest BCUT2D eigenvalue weighted by Crippen LogP contribution is 2.31. The summed E-state index contributed by atoms with van der Waals surface area (Å²) in [5.74, 6) is -2.80. The summed E-state index contributed by atoms with van der Waals surface area (Å²) in [5, 5.41) is 26.8. The van der Waals surface area contributed by atoms with E-state index in [0.717, 1.165) is 0 Å². The Labute approximate surface area is 232 Å². The highest BCUT2D eigenvalue weighted by atomic mass is 16.7. The number of aliphatic hydroxyl groups is 2. The lowest BCUT2D eigenvalue weighted by atomic mass is 10.1. The maximum Gasteiger partial charge on any atom is 0.373 e. The zero-order valence-electron chi connectivity index (χ0n) is 22.0. The number of esters is 4. The molecular formula is C24H32O17. The molecule has 230 valence electrons.